The lowest BCUT2D eigenvalue weighted by Crippen LogP contribution is -2.10. The SMILES string of the molecule is CC.O=c1cc(-c2ccc3ccccc3c2)n(-c2ccccc2)c2ccccc12. The first-order valence-corrected chi connectivity index (χ1v) is 10.0. The number of hydrogen-bond acceptors (Lipinski definition) is 1. The molecule has 5 rings (SSSR count). The van der Waals surface area contributed by atoms with Crippen molar-refractivity contribution < 1.29 is 0 Å². The molecule has 2 nitrogen and oxygen atoms in total. The molecule has 0 saturated heterocycles. The van der Waals surface area contributed by atoms with E-state index in [4.69, 9.17) is 0 Å². The van der Waals surface area contributed by atoms with Crippen molar-refractivity contribution in [3.63, 3.8) is 0 Å². The normalized spacial score (nSPS) is 10.6. The number of pyridine rings is 1. The quantitative estimate of drug-likeness (QED) is 0.330. The number of aromatic nitrogens is 1. The van der Waals surface area contributed by atoms with E-state index in [1.807, 2.05) is 68.4 Å². The highest BCUT2D eigenvalue weighted by Crippen LogP contribution is 2.29. The zero-order chi connectivity index (χ0) is 20.2. The summed E-state index contributed by atoms with van der Waals surface area (Å²) in [6, 6.07) is 34.4. The fraction of sp³-hybridized carbons (Fsp3) is 0.0741. The Bertz CT molecular complexity index is 1330. The molecular formula is C27H23NO. The van der Waals surface area contributed by atoms with Crippen LogP contribution in [0.3, 0.4) is 0 Å². The zero-order valence-corrected chi connectivity index (χ0v) is 16.7. The first kappa shape index (κ1) is 18.7. The van der Waals surface area contributed by atoms with Crippen LogP contribution in [-0.4, -0.2) is 4.57 Å². The summed E-state index contributed by atoms with van der Waals surface area (Å²) >= 11 is 0. The number of fused-ring (bicyclic) bond motifs is 2. The average molecular weight is 377 g/mol. The zero-order valence-electron chi connectivity index (χ0n) is 16.7. The minimum absolute atomic E-state index is 0.0425. The molecule has 0 fully saturated rings. The van der Waals surface area contributed by atoms with Gasteiger partial charge in [-0.3, -0.25) is 4.79 Å². The van der Waals surface area contributed by atoms with Crippen molar-refractivity contribution in [1.29, 1.82) is 0 Å². The second-order valence-electron chi connectivity index (χ2n) is 6.64. The average Bonchev–Trinajstić information content (AvgIpc) is 2.80. The van der Waals surface area contributed by atoms with Gasteiger partial charge in [-0.05, 0) is 46.7 Å². The smallest absolute Gasteiger partial charge is 0.190 e. The third kappa shape index (κ3) is 3.45. The highest BCUT2D eigenvalue weighted by Gasteiger charge is 2.12. The molecule has 0 aliphatic heterocycles. The van der Waals surface area contributed by atoms with Gasteiger partial charge in [0.1, 0.15) is 0 Å². The maximum Gasteiger partial charge on any atom is 0.190 e. The van der Waals surface area contributed by atoms with Gasteiger partial charge < -0.3 is 4.57 Å². The van der Waals surface area contributed by atoms with Crippen molar-refractivity contribution in [3.8, 4) is 16.9 Å². The molecule has 0 aliphatic rings. The molecule has 0 amide bonds. The van der Waals surface area contributed by atoms with E-state index in [9.17, 15) is 4.79 Å². The Balaban J connectivity index is 0.000000994. The molecule has 142 valence electrons. The number of hydrogen-bond donors (Lipinski definition) is 0. The molecule has 0 saturated carbocycles. The van der Waals surface area contributed by atoms with Crippen molar-refractivity contribution in [2.24, 2.45) is 0 Å². The molecule has 29 heavy (non-hydrogen) atoms. The van der Waals surface area contributed by atoms with Gasteiger partial charge >= 0.3 is 0 Å². The molecule has 5 aromatic rings. The minimum Gasteiger partial charge on any atom is -0.309 e. The van der Waals surface area contributed by atoms with Crippen LogP contribution < -0.4 is 5.43 Å². The summed E-state index contributed by atoms with van der Waals surface area (Å²) in [5.41, 5.74) is 3.92. The standard InChI is InChI=1S/C25H17NO.C2H6/c27-25-17-24(20-15-14-18-8-4-5-9-19(18)16-20)26(21-10-2-1-3-11-21)23-13-7-6-12-22(23)25;1-2/h1-17H;1-2H3. The van der Waals surface area contributed by atoms with Crippen LogP contribution in [0.4, 0.5) is 0 Å². The van der Waals surface area contributed by atoms with E-state index in [0.717, 1.165) is 33.2 Å². The van der Waals surface area contributed by atoms with E-state index in [1.54, 1.807) is 6.07 Å². The lowest BCUT2D eigenvalue weighted by molar-refractivity contribution is 1.11. The van der Waals surface area contributed by atoms with E-state index in [0.29, 0.717) is 0 Å². The van der Waals surface area contributed by atoms with Crippen molar-refractivity contribution in [2.75, 3.05) is 0 Å². The highest BCUT2D eigenvalue weighted by atomic mass is 16.1. The summed E-state index contributed by atoms with van der Waals surface area (Å²) in [5, 5.41) is 3.08. The number of nitrogens with zero attached hydrogens (tertiary/aromatic N) is 1. The van der Waals surface area contributed by atoms with Crippen LogP contribution in [0.1, 0.15) is 13.8 Å². The topological polar surface area (TPSA) is 22.0 Å². The Hall–Kier alpha value is -3.65. The first-order chi connectivity index (χ1) is 14.3. The number of benzene rings is 4. The van der Waals surface area contributed by atoms with Gasteiger partial charge in [0.15, 0.2) is 5.43 Å². The van der Waals surface area contributed by atoms with Gasteiger partial charge in [0.25, 0.3) is 0 Å². The Labute approximate surface area is 170 Å². The first-order valence-electron chi connectivity index (χ1n) is 10.0. The lowest BCUT2D eigenvalue weighted by Gasteiger charge is -2.17. The van der Waals surface area contributed by atoms with Gasteiger partial charge in [0, 0.05) is 17.1 Å². The van der Waals surface area contributed by atoms with Crippen LogP contribution in [-0.2, 0) is 0 Å². The van der Waals surface area contributed by atoms with Crippen LogP contribution in [0, 0.1) is 0 Å². The summed E-state index contributed by atoms with van der Waals surface area (Å²) in [5.74, 6) is 0. The summed E-state index contributed by atoms with van der Waals surface area (Å²) in [4.78, 5) is 12.8. The molecule has 0 bridgehead atoms. The van der Waals surface area contributed by atoms with Gasteiger partial charge in [-0.1, -0.05) is 80.6 Å². The van der Waals surface area contributed by atoms with E-state index in [1.165, 1.54) is 5.39 Å². The van der Waals surface area contributed by atoms with Gasteiger partial charge in [-0.25, -0.2) is 0 Å². The van der Waals surface area contributed by atoms with E-state index < -0.39 is 0 Å². The predicted octanol–water partition coefficient (Wildman–Crippen LogP) is 6.84. The van der Waals surface area contributed by atoms with Gasteiger partial charge in [0.05, 0.1) is 11.2 Å². The summed E-state index contributed by atoms with van der Waals surface area (Å²) in [7, 11) is 0. The molecule has 0 aliphatic carbocycles. The second kappa shape index (κ2) is 8.15. The largest absolute Gasteiger partial charge is 0.309 e. The van der Waals surface area contributed by atoms with Crippen molar-refractivity contribution in [3.05, 3.63) is 113 Å². The number of rotatable bonds is 2. The molecule has 0 radical (unpaired) electrons. The van der Waals surface area contributed by atoms with Gasteiger partial charge in [0.2, 0.25) is 0 Å². The predicted molar refractivity (Wildman–Crippen MR) is 124 cm³/mol. The number of para-hydroxylation sites is 2. The molecule has 0 spiro atoms. The fourth-order valence-electron chi connectivity index (χ4n) is 3.69. The monoisotopic (exact) mass is 377 g/mol. The van der Waals surface area contributed by atoms with E-state index in [2.05, 4.69) is 47.0 Å². The Morgan fingerprint density at radius 2 is 1.28 bits per heavy atom. The Kier molecular flexibility index (Phi) is 5.26. The maximum absolute atomic E-state index is 12.8. The van der Waals surface area contributed by atoms with Crippen molar-refractivity contribution in [1.82, 2.24) is 4.57 Å². The van der Waals surface area contributed by atoms with Crippen LogP contribution in [0.25, 0.3) is 38.6 Å². The van der Waals surface area contributed by atoms with Crippen LogP contribution in [0.2, 0.25) is 0 Å². The second-order valence-corrected chi connectivity index (χ2v) is 6.64. The molecule has 1 aromatic heterocycles. The minimum atomic E-state index is 0.0425. The van der Waals surface area contributed by atoms with Crippen molar-refractivity contribution in [2.45, 2.75) is 13.8 Å². The molecule has 0 atom stereocenters. The molecule has 0 unspecified atom stereocenters. The maximum atomic E-state index is 12.8. The molecule has 1 heterocycles. The summed E-state index contributed by atoms with van der Waals surface area (Å²) in [6.07, 6.45) is 0. The molecular weight excluding hydrogens is 354 g/mol. The summed E-state index contributed by atoms with van der Waals surface area (Å²) < 4.78 is 2.17. The molecule has 0 N–H and O–H groups in total. The molecule has 2 heteroatoms. The third-order valence-electron chi connectivity index (χ3n) is 4.98. The Morgan fingerprint density at radius 3 is 2.07 bits per heavy atom. The molecule has 4 aromatic carbocycles. The lowest BCUT2D eigenvalue weighted by atomic mass is 10.0. The van der Waals surface area contributed by atoms with E-state index in [-0.39, 0.29) is 5.43 Å². The third-order valence-corrected chi connectivity index (χ3v) is 4.98. The van der Waals surface area contributed by atoms with Crippen LogP contribution in [0.5, 0.6) is 0 Å². The fourth-order valence-corrected chi connectivity index (χ4v) is 3.69. The van der Waals surface area contributed by atoms with Crippen LogP contribution in [0.15, 0.2) is 108 Å². The van der Waals surface area contributed by atoms with Gasteiger partial charge in [-0.2, -0.15) is 0 Å². The highest BCUT2D eigenvalue weighted by molar-refractivity contribution is 5.89. The van der Waals surface area contributed by atoms with E-state index >= 15 is 0 Å². The Morgan fingerprint density at radius 1 is 0.621 bits per heavy atom. The summed E-state index contributed by atoms with van der Waals surface area (Å²) in [6.45, 7) is 4.00. The van der Waals surface area contributed by atoms with Gasteiger partial charge in [-0.15, -0.1) is 0 Å². The van der Waals surface area contributed by atoms with Crippen molar-refractivity contribution >= 4 is 21.7 Å². The van der Waals surface area contributed by atoms with Crippen LogP contribution >= 0.6 is 0 Å².